The normalized spacial score (nSPS) is 21.0. The fourth-order valence-electron chi connectivity index (χ4n) is 3.66. The molecule has 0 fully saturated rings. The quantitative estimate of drug-likeness (QED) is 0.641. The maximum Gasteiger partial charge on any atom is 0.146 e. The summed E-state index contributed by atoms with van der Waals surface area (Å²) in [7, 11) is 1.81. The highest BCUT2D eigenvalue weighted by molar-refractivity contribution is 6.17. The highest BCUT2D eigenvalue weighted by Gasteiger charge is 2.30. The Kier molecular flexibility index (Phi) is 4.34. The number of rotatable bonds is 2. The molecule has 2 aliphatic rings. The van der Waals surface area contributed by atoms with E-state index in [9.17, 15) is 13.6 Å². The molecule has 2 atom stereocenters. The second kappa shape index (κ2) is 6.71. The van der Waals surface area contributed by atoms with Crippen molar-refractivity contribution in [2.45, 2.75) is 19.0 Å². The third kappa shape index (κ3) is 2.91. The van der Waals surface area contributed by atoms with Gasteiger partial charge in [0.2, 0.25) is 0 Å². The molecule has 0 aromatic heterocycles. The summed E-state index contributed by atoms with van der Waals surface area (Å²) in [6, 6.07) is 8.23. The summed E-state index contributed by atoms with van der Waals surface area (Å²) in [6.45, 7) is 1.92. The minimum absolute atomic E-state index is 0.0344. The monoisotopic (exact) mass is 379 g/mol. The molecular weight excluding hydrogens is 360 g/mol. The Hall–Kier alpha value is -3.28. The number of aliphatic imine (C=N–C) groups is 1. The standard InChI is InChI=1S/C22H19F2N3O/c1-12-16-7-15(11-28)27(2)10-19(16)17-9-21(25)20(24)8-18(17)22(26-12)13-3-5-14(23)6-4-13/h3-12,15H,25H2,1-2H3/t12-,15?/m0/s1. The molecule has 4 rings (SSSR count). The summed E-state index contributed by atoms with van der Waals surface area (Å²) < 4.78 is 27.8. The number of aldehydes is 1. The van der Waals surface area contributed by atoms with Crippen molar-refractivity contribution in [2.24, 2.45) is 4.99 Å². The van der Waals surface area contributed by atoms with Crippen LogP contribution in [0.4, 0.5) is 14.5 Å². The number of carbonyl (C=O) groups is 1. The number of nitrogens with two attached hydrogens (primary N) is 1. The van der Waals surface area contributed by atoms with Gasteiger partial charge in [-0.05, 0) is 60.5 Å². The molecule has 0 amide bonds. The number of likely N-dealkylation sites (N-methyl/N-ethyl adjacent to an activating group) is 1. The number of hydrogen-bond donors (Lipinski definition) is 1. The number of carbonyl (C=O) groups excluding carboxylic acids is 1. The Labute approximate surface area is 161 Å². The predicted octanol–water partition coefficient (Wildman–Crippen LogP) is 3.57. The average molecular weight is 379 g/mol. The molecule has 4 nitrogen and oxygen atoms in total. The average Bonchev–Trinajstić information content (AvgIpc) is 2.78. The Balaban J connectivity index is 2.01. The van der Waals surface area contributed by atoms with E-state index in [2.05, 4.69) is 0 Å². The van der Waals surface area contributed by atoms with Gasteiger partial charge in [0.25, 0.3) is 0 Å². The zero-order valence-corrected chi connectivity index (χ0v) is 15.5. The van der Waals surface area contributed by atoms with Crippen molar-refractivity contribution < 1.29 is 13.6 Å². The fraction of sp³-hybridized carbons (Fsp3) is 0.182. The van der Waals surface area contributed by atoms with Crippen molar-refractivity contribution >= 4 is 23.3 Å². The molecule has 142 valence electrons. The molecule has 0 bridgehead atoms. The minimum atomic E-state index is -0.538. The van der Waals surface area contributed by atoms with E-state index in [1.165, 1.54) is 18.2 Å². The van der Waals surface area contributed by atoms with Gasteiger partial charge in [-0.1, -0.05) is 0 Å². The summed E-state index contributed by atoms with van der Waals surface area (Å²) >= 11 is 0. The first kappa shape index (κ1) is 18.1. The number of nitrogen functional groups attached to an aromatic ring is 1. The zero-order valence-electron chi connectivity index (χ0n) is 15.5. The number of nitrogens with zero attached hydrogens (tertiary/aromatic N) is 2. The largest absolute Gasteiger partial charge is 0.396 e. The molecule has 0 aliphatic carbocycles. The third-order valence-electron chi connectivity index (χ3n) is 5.18. The van der Waals surface area contributed by atoms with Crippen LogP contribution >= 0.6 is 0 Å². The Morgan fingerprint density at radius 1 is 1.14 bits per heavy atom. The Morgan fingerprint density at radius 3 is 2.54 bits per heavy atom. The van der Waals surface area contributed by atoms with Crippen LogP contribution in [0.25, 0.3) is 5.57 Å². The molecule has 0 saturated carbocycles. The van der Waals surface area contributed by atoms with E-state index in [1.54, 1.807) is 23.1 Å². The summed E-state index contributed by atoms with van der Waals surface area (Å²) in [6.07, 6.45) is 4.60. The van der Waals surface area contributed by atoms with Crippen molar-refractivity contribution in [3.05, 3.63) is 82.6 Å². The van der Waals surface area contributed by atoms with Gasteiger partial charge in [0, 0.05) is 29.9 Å². The molecule has 2 aliphatic heterocycles. The van der Waals surface area contributed by atoms with Gasteiger partial charge >= 0.3 is 0 Å². The van der Waals surface area contributed by atoms with Crippen LogP contribution in [-0.4, -0.2) is 36.0 Å². The molecule has 0 saturated heterocycles. The van der Waals surface area contributed by atoms with Crippen LogP contribution in [0.3, 0.4) is 0 Å². The van der Waals surface area contributed by atoms with Crippen LogP contribution in [0, 0.1) is 11.6 Å². The molecule has 2 N–H and O–H groups in total. The van der Waals surface area contributed by atoms with Crippen LogP contribution in [0.2, 0.25) is 0 Å². The molecule has 2 aromatic carbocycles. The second-order valence-electron chi connectivity index (χ2n) is 7.04. The lowest BCUT2D eigenvalue weighted by Gasteiger charge is -2.29. The van der Waals surface area contributed by atoms with E-state index >= 15 is 0 Å². The number of fused-ring (bicyclic) bond motifs is 3. The van der Waals surface area contributed by atoms with E-state index in [0.717, 1.165) is 23.0 Å². The van der Waals surface area contributed by atoms with E-state index in [-0.39, 0.29) is 17.5 Å². The minimum Gasteiger partial charge on any atom is -0.396 e. The first-order valence-corrected chi connectivity index (χ1v) is 8.93. The highest BCUT2D eigenvalue weighted by Crippen LogP contribution is 2.38. The smallest absolute Gasteiger partial charge is 0.146 e. The second-order valence-corrected chi connectivity index (χ2v) is 7.04. The molecular formula is C22H19F2N3O. The van der Waals surface area contributed by atoms with Crippen LogP contribution in [0.15, 0.2) is 59.2 Å². The van der Waals surface area contributed by atoms with E-state index in [1.807, 2.05) is 26.2 Å². The summed E-state index contributed by atoms with van der Waals surface area (Å²) in [4.78, 5) is 18.0. The van der Waals surface area contributed by atoms with Crippen LogP contribution in [-0.2, 0) is 4.79 Å². The van der Waals surface area contributed by atoms with Crippen molar-refractivity contribution in [3.8, 4) is 0 Å². The predicted molar refractivity (Wildman–Crippen MR) is 106 cm³/mol. The zero-order chi connectivity index (χ0) is 20.0. The molecule has 2 heterocycles. The van der Waals surface area contributed by atoms with Crippen molar-refractivity contribution in [1.82, 2.24) is 4.90 Å². The molecule has 0 spiro atoms. The number of halogens is 2. The molecule has 0 radical (unpaired) electrons. The summed E-state index contributed by atoms with van der Waals surface area (Å²) in [5.74, 6) is -0.895. The van der Waals surface area contributed by atoms with Gasteiger partial charge in [-0.2, -0.15) is 0 Å². The van der Waals surface area contributed by atoms with Gasteiger partial charge in [0.05, 0.1) is 17.4 Å². The molecule has 1 unspecified atom stereocenters. The lowest BCUT2D eigenvalue weighted by atomic mass is 9.87. The SMILES string of the molecule is C[C@@H]1N=C(c2ccc(F)cc2)c2cc(F)c(N)cc2C2=CN(C)C(C=O)C=C21. The molecule has 28 heavy (non-hydrogen) atoms. The van der Waals surface area contributed by atoms with Crippen molar-refractivity contribution in [2.75, 3.05) is 12.8 Å². The maximum absolute atomic E-state index is 14.4. The van der Waals surface area contributed by atoms with E-state index < -0.39 is 11.9 Å². The van der Waals surface area contributed by atoms with E-state index in [4.69, 9.17) is 10.7 Å². The van der Waals surface area contributed by atoms with Gasteiger partial charge in [0.1, 0.15) is 24.0 Å². The van der Waals surface area contributed by atoms with Gasteiger partial charge in [-0.25, -0.2) is 8.78 Å². The van der Waals surface area contributed by atoms with E-state index in [0.29, 0.717) is 16.8 Å². The highest BCUT2D eigenvalue weighted by atomic mass is 19.1. The Morgan fingerprint density at radius 2 is 1.86 bits per heavy atom. The van der Waals surface area contributed by atoms with Crippen LogP contribution in [0.1, 0.15) is 23.6 Å². The summed E-state index contributed by atoms with van der Waals surface area (Å²) in [5, 5.41) is 0. The first-order chi connectivity index (χ1) is 13.4. The topological polar surface area (TPSA) is 58.7 Å². The molecule has 2 aromatic rings. The number of benzene rings is 2. The lowest BCUT2D eigenvalue weighted by Crippen LogP contribution is -2.31. The van der Waals surface area contributed by atoms with Gasteiger partial charge in [-0.15, -0.1) is 0 Å². The molecule has 6 heteroatoms. The van der Waals surface area contributed by atoms with Crippen molar-refractivity contribution in [3.63, 3.8) is 0 Å². The van der Waals surface area contributed by atoms with Gasteiger partial charge in [0.15, 0.2) is 0 Å². The van der Waals surface area contributed by atoms with Crippen LogP contribution in [0.5, 0.6) is 0 Å². The number of hydrogen-bond acceptors (Lipinski definition) is 4. The summed E-state index contributed by atoms with van der Waals surface area (Å²) in [5.41, 5.74) is 10.2. The maximum atomic E-state index is 14.4. The number of anilines is 1. The first-order valence-electron chi connectivity index (χ1n) is 8.93. The van der Waals surface area contributed by atoms with Crippen molar-refractivity contribution in [1.29, 1.82) is 0 Å². The lowest BCUT2D eigenvalue weighted by molar-refractivity contribution is -0.110. The van der Waals surface area contributed by atoms with Gasteiger partial charge in [-0.3, -0.25) is 4.99 Å². The fourth-order valence-corrected chi connectivity index (χ4v) is 3.66. The van der Waals surface area contributed by atoms with Crippen LogP contribution < -0.4 is 5.73 Å². The third-order valence-corrected chi connectivity index (χ3v) is 5.18. The Bertz CT molecular complexity index is 1050. The van der Waals surface area contributed by atoms with Gasteiger partial charge < -0.3 is 15.4 Å².